The summed E-state index contributed by atoms with van der Waals surface area (Å²) in [5.41, 5.74) is 4.26. The Morgan fingerprint density at radius 3 is 2.35 bits per heavy atom. The van der Waals surface area contributed by atoms with Gasteiger partial charge in [0.1, 0.15) is 0 Å². The van der Waals surface area contributed by atoms with Gasteiger partial charge in [0, 0.05) is 24.8 Å². The van der Waals surface area contributed by atoms with E-state index in [9.17, 15) is 25.3 Å². The lowest BCUT2D eigenvalue weighted by atomic mass is 9.90. The Bertz CT molecular complexity index is 1640. The molecule has 0 atom stereocenters. The van der Waals surface area contributed by atoms with Crippen molar-refractivity contribution >= 4 is 41.1 Å². The maximum Gasteiger partial charge on any atom is 0.318 e. The average molecular weight is 584 g/mol. The maximum absolute atomic E-state index is 11.3. The number of anilines is 4. The molecule has 0 bridgehead atoms. The monoisotopic (exact) mass is 583 g/mol. The number of piperidine rings is 1. The van der Waals surface area contributed by atoms with Crippen LogP contribution in [-0.4, -0.2) is 49.2 Å². The van der Waals surface area contributed by atoms with Gasteiger partial charge in [-0.25, -0.2) is 5.43 Å². The van der Waals surface area contributed by atoms with E-state index in [4.69, 9.17) is 0 Å². The molecule has 14 nitrogen and oxygen atoms in total. The Morgan fingerprint density at radius 2 is 1.67 bits per heavy atom. The van der Waals surface area contributed by atoms with Crippen molar-refractivity contribution in [2.45, 2.75) is 26.2 Å². The molecule has 0 aliphatic carbocycles. The summed E-state index contributed by atoms with van der Waals surface area (Å²) in [5, 5.41) is 40.0. The van der Waals surface area contributed by atoms with Gasteiger partial charge in [0.25, 0.3) is 5.69 Å². The lowest BCUT2D eigenvalue weighted by Gasteiger charge is -2.32. The quantitative estimate of drug-likeness (QED) is 0.124. The number of nitrogens with zero attached hydrogens (tertiary/aromatic N) is 7. The van der Waals surface area contributed by atoms with Crippen LogP contribution in [0.5, 0.6) is 5.75 Å². The molecule has 5 rings (SSSR count). The molecule has 0 radical (unpaired) electrons. The molecule has 14 heteroatoms. The number of aromatic hydroxyl groups is 1. The molecule has 0 amide bonds. The first-order valence-electron chi connectivity index (χ1n) is 13.6. The van der Waals surface area contributed by atoms with Crippen molar-refractivity contribution in [2.75, 3.05) is 28.7 Å². The van der Waals surface area contributed by atoms with Crippen LogP contribution in [-0.2, 0) is 6.42 Å². The third-order valence-electron chi connectivity index (χ3n) is 7.08. The molecule has 220 valence electrons. The van der Waals surface area contributed by atoms with Crippen LogP contribution in [0.3, 0.4) is 0 Å². The van der Waals surface area contributed by atoms with Gasteiger partial charge in [-0.1, -0.05) is 48.0 Å². The minimum absolute atomic E-state index is 0.0710. The third-order valence-corrected chi connectivity index (χ3v) is 7.08. The average Bonchev–Trinajstić information content (AvgIpc) is 3.00. The van der Waals surface area contributed by atoms with Gasteiger partial charge in [0.2, 0.25) is 23.6 Å². The minimum atomic E-state index is -0.905. The zero-order chi connectivity index (χ0) is 30.3. The molecule has 0 spiro atoms. The summed E-state index contributed by atoms with van der Waals surface area (Å²) in [6.07, 6.45) is 3.97. The number of nitro benzene ring substituents is 2. The fraction of sp³-hybridized carbons (Fsp3) is 0.241. The van der Waals surface area contributed by atoms with Crippen LogP contribution in [0.2, 0.25) is 0 Å². The number of aryl methyl sites for hydroxylation is 1. The highest BCUT2D eigenvalue weighted by molar-refractivity contribution is 5.87. The van der Waals surface area contributed by atoms with Crippen molar-refractivity contribution in [2.24, 2.45) is 11.0 Å². The predicted molar refractivity (Wildman–Crippen MR) is 162 cm³/mol. The van der Waals surface area contributed by atoms with Crippen molar-refractivity contribution in [3.63, 3.8) is 0 Å². The van der Waals surface area contributed by atoms with E-state index in [1.165, 1.54) is 5.56 Å². The second kappa shape index (κ2) is 12.9. The van der Waals surface area contributed by atoms with E-state index in [1.807, 2.05) is 37.3 Å². The lowest BCUT2D eigenvalue weighted by Crippen LogP contribution is -2.35. The van der Waals surface area contributed by atoms with Gasteiger partial charge >= 0.3 is 5.69 Å². The number of hydrazone groups is 1. The molecular formula is C29H29N9O5. The molecule has 0 saturated carbocycles. The smallest absolute Gasteiger partial charge is 0.318 e. The Labute approximate surface area is 246 Å². The summed E-state index contributed by atoms with van der Waals surface area (Å²) in [4.78, 5) is 36.5. The van der Waals surface area contributed by atoms with E-state index in [-0.39, 0.29) is 17.5 Å². The molecule has 0 unspecified atom stereocenters. The van der Waals surface area contributed by atoms with Crippen LogP contribution >= 0.6 is 0 Å². The van der Waals surface area contributed by atoms with Gasteiger partial charge in [-0.2, -0.15) is 20.1 Å². The van der Waals surface area contributed by atoms with E-state index in [1.54, 1.807) is 0 Å². The van der Waals surface area contributed by atoms with Crippen LogP contribution in [0.25, 0.3) is 0 Å². The number of nitro groups is 2. The Hall–Kier alpha value is -5.66. The summed E-state index contributed by atoms with van der Waals surface area (Å²) >= 11 is 0. The first-order chi connectivity index (χ1) is 20.7. The zero-order valence-corrected chi connectivity index (χ0v) is 23.3. The number of benzene rings is 3. The van der Waals surface area contributed by atoms with E-state index in [0.717, 1.165) is 55.9 Å². The van der Waals surface area contributed by atoms with Crippen LogP contribution in [0.1, 0.15) is 29.5 Å². The van der Waals surface area contributed by atoms with Gasteiger partial charge in [-0.3, -0.25) is 20.2 Å². The molecule has 4 aromatic rings. The molecule has 1 aromatic heterocycles. The van der Waals surface area contributed by atoms with Crippen LogP contribution < -0.4 is 15.6 Å². The summed E-state index contributed by atoms with van der Waals surface area (Å²) in [6, 6.07) is 19.8. The molecule has 1 saturated heterocycles. The number of nitrogens with one attached hydrogen (secondary N) is 2. The first-order valence-corrected chi connectivity index (χ1v) is 13.6. The molecule has 2 heterocycles. The van der Waals surface area contributed by atoms with Crippen molar-refractivity contribution in [3.05, 3.63) is 104 Å². The number of phenolic OH excluding ortho intramolecular Hbond substituents is 1. The molecule has 3 N–H and O–H groups in total. The van der Waals surface area contributed by atoms with Gasteiger partial charge in [-0.15, -0.1) is 0 Å². The molecule has 1 aliphatic heterocycles. The Kier molecular flexibility index (Phi) is 8.65. The number of hydrogen-bond donors (Lipinski definition) is 3. The van der Waals surface area contributed by atoms with E-state index in [2.05, 4.69) is 60.0 Å². The lowest BCUT2D eigenvalue weighted by molar-refractivity contribution is -0.394. The largest absolute Gasteiger partial charge is 0.502 e. The summed E-state index contributed by atoms with van der Waals surface area (Å²) < 4.78 is 0. The van der Waals surface area contributed by atoms with Crippen LogP contribution in [0, 0.1) is 33.1 Å². The SMILES string of the molecule is Cc1ccc(Nc2nc(NN=Cc3cc([N+](=O)[O-])cc([N+](=O)[O-])c3O)nc(N3CCC(Cc4ccccc4)CC3)n2)cc1. The zero-order valence-electron chi connectivity index (χ0n) is 23.3. The number of rotatable bonds is 10. The number of aromatic nitrogens is 3. The Morgan fingerprint density at radius 1 is 0.977 bits per heavy atom. The third kappa shape index (κ3) is 7.35. The number of phenols is 1. The van der Waals surface area contributed by atoms with Gasteiger partial charge in [0.05, 0.1) is 27.7 Å². The van der Waals surface area contributed by atoms with Crippen molar-refractivity contribution in [1.82, 2.24) is 15.0 Å². The highest BCUT2D eigenvalue weighted by Gasteiger charge is 2.24. The van der Waals surface area contributed by atoms with Crippen molar-refractivity contribution in [1.29, 1.82) is 0 Å². The standard InChI is InChI=1S/C29H29N9O5/c1-19-7-9-23(10-8-19)31-27-32-28(35-30-18-22-16-24(37(40)41)17-25(26(22)39)38(42)43)34-29(33-27)36-13-11-21(12-14-36)15-20-5-3-2-4-6-20/h2-10,16-18,21,39H,11-15H2,1H3,(H2,31,32,33,34,35). The highest BCUT2D eigenvalue weighted by atomic mass is 16.6. The van der Waals surface area contributed by atoms with E-state index in [0.29, 0.717) is 17.9 Å². The van der Waals surface area contributed by atoms with Gasteiger partial charge < -0.3 is 15.3 Å². The first kappa shape index (κ1) is 28.9. The minimum Gasteiger partial charge on any atom is -0.502 e. The van der Waals surface area contributed by atoms with E-state index < -0.39 is 27.0 Å². The molecule has 1 fully saturated rings. The predicted octanol–water partition coefficient (Wildman–Crippen LogP) is 5.35. The second-order valence-corrected chi connectivity index (χ2v) is 10.2. The molecular weight excluding hydrogens is 554 g/mol. The molecule has 43 heavy (non-hydrogen) atoms. The summed E-state index contributed by atoms with van der Waals surface area (Å²) in [7, 11) is 0. The van der Waals surface area contributed by atoms with Crippen LogP contribution in [0.15, 0.2) is 71.8 Å². The maximum atomic E-state index is 11.3. The number of non-ortho nitro benzene ring substituents is 1. The number of hydrogen-bond acceptors (Lipinski definition) is 12. The highest BCUT2D eigenvalue weighted by Crippen LogP contribution is 2.33. The van der Waals surface area contributed by atoms with Crippen molar-refractivity contribution < 1.29 is 15.0 Å². The summed E-state index contributed by atoms with van der Waals surface area (Å²) in [5.74, 6) is 0.569. The molecule has 1 aliphatic rings. The van der Waals surface area contributed by atoms with Gasteiger partial charge in [-0.05, 0) is 49.8 Å². The topological polar surface area (TPSA) is 185 Å². The fourth-order valence-electron chi connectivity index (χ4n) is 4.79. The van der Waals surface area contributed by atoms with Crippen molar-refractivity contribution in [3.8, 4) is 5.75 Å². The molecule has 3 aromatic carbocycles. The van der Waals surface area contributed by atoms with E-state index >= 15 is 0 Å². The summed E-state index contributed by atoms with van der Waals surface area (Å²) in [6.45, 7) is 3.48. The Balaban J connectivity index is 1.37. The van der Waals surface area contributed by atoms with Crippen LogP contribution in [0.4, 0.5) is 34.9 Å². The van der Waals surface area contributed by atoms with Gasteiger partial charge in [0.15, 0.2) is 0 Å². The second-order valence-electron chi connectivity index (χ2n) is 10.2. The normalized spacial score (nSPS) is 13.7. The fourth-order valence-corrected chi connectivity index (χ4v) is 4.79.